The van der Waals surface area contributed by atoms with Gasteiger partial charge in [-0.3, -0.25) is 13.9 Å². The normalized spacial score (nSPS) is 19.3. The van der Waals surface area contributed by atoms with E-state index >= 15 is 0 Å². The average molecular weight is 1020 g/mol. The third kappa shape index (κ3) is 16.3. The summed E-state index contributed by atoms with van der Waals surface area (Å²) in [5.74, 6) is -1.42. The van der Waals surface area contributed by atoms with E-state index in [-0.39, 0.29) is 48.9 Å². The van der Waals surface area contributed by atoms with Crippen molar-refractivity contribution in [2.45, 2.75) is 79.4 Å². The zero-order valence-corrected chi connectivity index (χ0v) is 41.6. The standard InChI is InChI=1S/C46H66N2O17S3/c1-45(19-11-33-66(51,52)53)38-34-36(67(54,55)56)16-18-41(38)48(22-24-60-3)42(45)12-7-5-8-13-43-46(2,20-23-62-27-28-64-31-32-65-30-29-63-26-25-61-4)39-35-37(68(57,58)59)15-17-40(39)47(43)21-10-6-9-14-44(49)50/h5,7-8,12-13,15-18,34-35H,6,9-11,14,19-33H2,1-4H3,(H3-,49,50,51,52,53,54,55,56,57,58,59). The lowest BCUT2D eigenvalue weighted by Crippen LogP contribution is -2.32. The summed E-state index contributed by atoms with van der Waals surface area (Å²) in [5, 5.41) is 9.21. The Labute approximate surface area is 400 Å². The van der Waals surface area contributed by atoms with Crippen molar-refractivity contribution in [1.82, 2.24) is 0 Å². The summed E-state index contributed by atoms with van der Waals surface area (Å²) in [6.07, 6.45) is 11.3. The highest BCUT2D eigenvalue weighted by Gasteiger charge is 2.48. The fraction of sp³-hybridized carbons (Fsp3) is 0.565. The Morgan fingerprint density at radius 3 is 1.90 bits per heavy atom. The number of allylic oxidation sites excluding steroid dienone is 6. The molecule has 0 fully saturated rings. The molecule has 0 aliphatic carbocycles. The summed E-state index contributed by atoms with van der Waals surface area (Å²) in [6.45, 7) is 8.25. The lowest BCUT2D eigenvalue weighted by Gasteiger charge is -2.30. The number of unbranched alkanes of at least 4 members (excludes halogenated alkanes) is 2. The van der Waals surface area contributed by atoms with Crippen LogP contribution in [0.5, 0.6) is 0 Å². The van der Waals surface area contributed by atoms with E-state index in [1.54, 1.807) is 37.5 Å². The van der Waals surface area contributed by atoms with E-state index in [4.69, 9.17) is 28.4 Å². The van der Waals surface area contributed by atoms with Crippen molar-refractivity contribution in [3.63, 3.8) is 0 Å². The molecular weight excluding hydrogens is 949 g/mol. The van der Waals surface area contributed by atoms with Crippen LogP contribution in [-0.2, 0) is 74.4 Å². The molecule has 0 radical (unpaired) electrons. The van der Waals surface area contributed by atoms with Gasteiger partial charge in [0, 0.05) is 68.3 Å². The second-order valence-corrected chi connectivity index (χ2v) is 21.1. The van der Waals surface area contributed by atoms with Crippen LogP contribution in [0.1, 0.15) is 69.9 Å². The van der Waals surface area contributed by atoms with Crippen LogP contribution >= 0.6 is 0 Å². The molecule has 0 bridgehead atoms. The Morgan fingerprint density at radius 1 is 0.706 bits per heavy atom. The third-order valence-electron chi connectivity index (χ3n) is 11.9. The molecule has 0 saturated heterocycles. The minimum atomic E-state index is -4.82. The number of hydrogen-bond donors (Lipinski definition) is 3. The van der Waals surface area contributed by atoms with Crippen molar-refractivity contribution in [3.05, 3.63) is 83.6 Å². The number of methoxy groups -OCH3 is 2. The molecule has 0 amide bonds. The Bertz CT molecular complexity index is 2470. The topological polar surface area (TPSA) is 265 Å². The summed E-state index contributed by atoms with van der Waals surface area (Å²) in [6, 6.07) is 8.53. The molecule has 2 aliphatic rings. The number of anilines is 1. The quantitative estimate of drug-likeness (QED) is 0.0366. The highest BCUT2D eigenvalue weighted by atomic mass is 32.2. The summed E-state index contributed by atoms with van der Waals surface area (Å²) >= 11 is 0. The number of carboxylic acid groups (broad SMARTS) is 1. The number of fused-ring (bicyclic) bond motifs is 2. The summed E-state index contributed by atoms with van der Waals surface area (Å²) < 4.78 is 139. The summed E-state index contributed by atoms with van der Waals surface area (Å²) in [5.41, 5.74) is 2.05. The highest BCUT2D eigenvalue weighted by molar-refractivity contribution is 7.86. The average Bonchev–Trinajstić information content (AvgIpc) is 3.63. The van der Waals surface area contributed by atoms with Crippen LogP contribution in [0, 0.1) is 0 Å². The molecule has 22 heteroatoms. The van der Waals surface area contributed by atoms with Crippen LogP contribution in [0.3, 0.4) is 0 Å². The van der Waals surface area contributed by atoms with E-state index in [0.717, 1.165) is 5.70 Å². The molecule has 0 spiro atoms. The Balaban J connectivity index is 1.65. The molecule has 19 nitrogen and oxygen atoms in total. The van der Waals surface area contributed by atoms with Gasteiger partial charge >= 0.3 is 5.97 Å². The maximum Gasteiger partial charge on any atom is 0.303 e. The minimum absolute atomic E-state index is 0.0173. The van der Waals surface area contributed by atoms with Gasteiger partial charge in [0.2, 0.25) is 5.69 Å². The largest absolute Gasteiger partial charge is 0.744 e. The molecule has 380 valence electrons. The van der Waals surface area contributed by atoms with E-state index in [2.05, 4.69) is 0 Å². The first kappa shape index (κ1) is 56.7. The van der Waals surface area contributed by atoms with Crippen molar-refractivity contribution in [2.24, 2.45) is 0 Å². The number of rotatable bonds is 33. The van der Waals surface area contributed by atoms with Gasteiger partial charge in [-0.25, -0.2) is 8.42 Å². The fourth-order valence-corrected chi connectivity index (χ4v) is 9.95. The second kappa shape index (κ2) is 26.3. The number of hydrogen-bond acceptors (Lipinski definition) is 15. The number of carboxylic acids is 1. The van der Waals surface area contributed by atoms with E-state index in [0.29, 0.717) is 113 Å². The van der Waals surface area contributed by atoms with Gasteiger partial charge in [0.1, 0.15) is 16.7 Å². The SMILES string of the molecule is COCCOCCOCCOCCOCCC1(C)\C(=C/C=C/C=C/C2=[N+](CCOC)c3ccc(S(=O)(=O)O)cc3C2(C)CCCS(=O)(=O)O)N(CCCCCC(=O)O)c2ccc(S(=O)(=O)[O-])cc21. The molecule has 2 unspecified atom stereocenters. The van der Waals surface area contributed by atoms with Gasteiger partial charge in [-0.1, -0.05) is 24.6 Å². The molecule has 0 aromatic heterocycles. The van der Waals surface area contributed by atoms with E-state index in [1.807, 2.05) is 35.5 Å². The lowest BCUT2D eigenvalue weighted by molar-refractivity contribution is -0.441. The molecule has 68 heavy (non-hydrogen) atoms. The first-order valence-electron chi connectivity index (χ1n) is 22.3. The van der Waals surface area contributed by atoms with Crippen LogP contribution < -0.4 is 4.90 Å². The van der Waals surface area contributed by atoms with Crippen LogP contribution in [-0.4, -0.2) is 159 Å². The van der Waals surface area contributed by atoms with Crippen LogP contribution in [0.15, 0.2) is 82.3 Å². The maximum absolute atomic E-state index is 12.3. The predicted octanol–water partition coefficient (Wildman–Crippen LogP) is 5.03. The number of benzene rings is 2. The van der Waals surface area contributed by atoms with Gasteiger partial charge in [0.05, 0.1) is 73.8 Å². The molecule has 2 aromatic carbocycles. The second-order valence-electron chi connectivity index (χ2n) is 16.7. The number of aliphatic carboxylic acids is 1. The number of carbonyl (C=O) groups is 1. The third-order valence-corrected chi connectivity index (χ3v) is 14.4. The van der Waals surface area contributed by atoms with Crippen LogP contribution in [0.25, 0.3) is 0 Å². The van der Waals surface area contributed by atoms with Gasteiger partial charge in [0.25, 0.3) is 20.2 Å². The van der Waals surface area contributed by atoms with Gasteiger partial charge in [-0.15, -0.1) is 0 Å². The van der Waals surface area contributed by atoms with E-state index in [1.165, 1.54) is 31.4 Å². The van der Waals surface area contributed by atoms with Gasteiger partial charge in [-0.2, -0.15) is 21.4 Å². The fourth-order valence-electron chi connectivity index (χ4n) is 8.44. The van der Waals surface area contributed by atoms with Gasteiger partial charge < -0.3 is 43.0 Å². The molecule has 4 rings (SSSR count). The Hall–Kier alpha value is -3.91. The molecule has 2 aromatic rings. The first-order chi connectivity index (χ1) is 32.2. The number of ether oxygens (including phenoxy) is 6. The van der Waals surface area contributed by atoms with Crippen molar-refractivity contribution < 1.29 is 81.8 Å². The molecule has 3 N–H and O–H groups in total. The molecule has 0 saturated carbocycles. The van der Waals surface area contributed by atoms with Crippen molar-refractivity contribution in [2.75, 3.05) is 104 Å². The summed E-state index contributed by atoms with van der Waals surface area (Å²) in [7, 11) is -10.6. The highest BCUT2D eigenvalue weighted by Crippen LogP contribution is 2.51. The zero-order chi connectivity index (χ0) is 50.0. The maximum atomic E-state index is 12.3. The van der Waals surface area contributed by atoms with Crippen LogP contribution in [0.2, 0.25) is 0 Å². The smallest absolute Gasteiger partial charge is 0.303 e. The Morgan fingerprint density at radius 2 is 1.31 bits per heavy atom. The molecular formula is C46H66N2O17S3. The zero-order valence-electron chi connectivity index (χ0n) is 39.2. The first-order valence-corrected chi connectivity index (χ1v) is 26.8. The molecule has 2 heterocycles. The molecule has 2 atom stereocenters. The van der Waals surface area contributed by atoms with Gasteiger partial charge in [-0.05, 0) is 87.9 Å². The van der Waals surface area contributed by atoms with Gasteiger partial charge in [0.15, 0.2) is 12.3 Å². The van der Waals surface area contributed by atoms with Crippen molar-refractivity contribution in [3.8, 4) is 0 Å². The van der Waals surface area contributed by atoms with Crippen molar-refractivity contribution >= 4 is 53.4 Å². The lowest BCUT2D eigenvalue weighted by atomic mass is 9.76. The summed E-state index contributed by atoms with van der Waals surface area (Å²) in [4.78, 5) is 12.6. The van der Waals surface area contributed by atoms with Crippen molar-refractivity contribution in [1.29, 1.82) is 0 Å². The van der Waals surface area contributed by atoms with E-state index in [9.17, 15) is 48.8 Å². The Kier molecular flexibility index (Phi) is 22.0. The minimum Gasteiger partial charge on any atom is -0.744 e. The predicted molar refractivity (Wildman–Crippen MR) is 252 cm³/mol. The van der Waals surface area contributed by atoms with Crippen LogP contribution in [0.4, 0.5) is 11.4 Å². The molecule has 2 aliphatic heterocycles. The monoisotopic (exact) mass is 1010 g/mol. The number of nitrogens with zero attached hydrogens (tertiary/aromatic N) is 2. The van der Waals surface area contributed by atoms with E-state index < -0.39 is 52.9 Å².